The molecule has 0 fully saturated rings. The van der Waals surface area contributed by atoms with Crippen LogP contribution in [0, 0.1) is 10.8 Å². The molecule has 0 aliphatic rings. The lowest BCUT2D eigenvalue weighted by atomic mass is 9.88. The molecule has 0 aromatic heterocycles. The van der Waals surface area contributed by atoms with Gasteiger partial charge in [0.25, 0.3) is 0 Å². The second kappa shape index (κ2) is 4.53. The molecule has 0 aromatic rings. The first-order valence-electron chi connectivity index (χ1n) is 4.52. The number of rotatable bonds is 4. The lowest BCUT2D eigenvalue weighted by Crippen LogP contribution is -2.11. The van der Waals surface area contributed by atoms with E-state index in [4.69, 9.17) is 5.41 Å². The predicted octanol–water partition coefficient (Wildman–Crippen LogP) is 3.63. The zero-order valence-corrected chi connectivity index (χ0v) is 8.33. The van der Waals surface area contributed by atoms with Crippen molar-refractivity contribution in [1.29, 1.82) is 5.41 Å². The quantitative estimate of drug-likeness (QED) is 0.599. The third kappa shape index (κ3) is 7.57. The average molecular weight is 155 g/mol. The van der Waals surface area contributed by atoms with Crippen LogP contribution < -0.4 is 0 Å². The molecule has 66 valence electrons. The highest BCUT2D eigenvalue weighted by atomic mass is 14.4. The van der Waals surface area contributed by atoms with Crippen molar-refractivity contribution < 1.29 is 0 Å². The monoisotopic (exact) mass is 155 g/mol. The summed E-state index contributed by atoms with van der Waals surface area (Å²) >= 11 is 0. The van der Waals surface area contributed by atoms with Gasteiger partial charge in [-0.05, 0) is 24.7 Å². The van der Waals surface area contributed by atoms with Gasteiger partial charge in [0.15, 0.2) is 0 Å². The third-order valence-electron chi connectivity index (χ3n) is 1.58. The SMILES string of the molecule is CCCCC(=N)CC(C)(C)C. The molecule has 0 aliphatic carbocycles. The summed E-state index contributed by atoms with van der Waals surface area (Å²) in [5.41, 5.74) is 1.21. The maximum absolute atomic E-state index is 7.65. The Bertz CT molecular complexity index is 119. The van der Waals surface area contributed by atoms with Crippen LogP contribution in [0.15, 0.2) is 0 Å². The van der Waals surface area contributed by atoms with Crippen molar-refractivity contribution >= 4 is 5.71 Å². The first-order chi connectivity index (χ1) is 4.95. The van der Waals surface area contributed by atoms with Gasteiger partial charge in [-0.25, -0.2) is 0 Å². The normalized spacial score (nSPS) is 11.6. The highest BCUT2D eigenvalue weighted by molar-refractivity contribution is 5.81. The van der Waals surface area contributed by atoms with Gasteiger partial charge in [-0.15, -0.1) is 0 Å². The van der Waals surface area contributed by atoms with Crippen LogP contribution in [0.5, 0.6) is 0 Å². The molecule has 1 N–H and O–H groups in total. The average Bonchev–Trinajstić information content (AvgIpc) is 1.79. The molecule has 0 aliphatic heterocycles. The standard InChI is InChI=1S/C10H21N/c1-5-6-7-9(11)8-10(2,3)4/h11H,5-8H2,1-4H3. The Morgan fingerprint density at radius 2 is 1.82 bits per heavy atom. The molecule has 0 aromatic carbocycles. The van der Waals surface area contributed by atoms with E-state index in [0.717, 1.165) is 18.6 Å². The van der Waals surface area contributed by atoms with E-state index in [-0.39, 0.29) is 0 Å². The smallest absolute Gasteiger partial charge is 0.00943 e. The van der Waals surface area contributed by atoms with Crippen LogP contribution in [-0.4, -0.2) is 5.71 Å². The maximum atomic E-state index is 7.65. The van der Waals surface area contributed by atoms with Crippen LogP contribution in [0.25, 0.3) is 0 Å². The van der Waals surface area contributed by atoms with Crippen molar-refractivity contribution in [2.45, 2.75) is 53.4 Å². The lowest BCUT2D eigenvalue weighted by Gasteiger charge is -2.18. The largest absolute Gasteiger partial charge is 0.310 e. The van der Waals surface area contributed by atoms with Crippen LogP contribution in [-0.2, 0) is 0 Å². The fourth-order valence-corrected chi connectivity index (χ4v) is 1.12. The van der Waals surface area contributed by atoms with E-state index in [0.29, 0.717) is 5.41 Å². The van der Waals surface area contributed by atoms with Crippen molar-refractivity contribution in [2.24, 2.45) is 5.41 Å². The van der Waals surface area contributed by atoms with E-state index in [9.17, 15) is 0 Å². The summed E-state index contributed by atoms with van der Waals surface area (Å²) < 4.78 is 0. The van der Waals surface area contributed by atoms with Gasteiger partial charge in [-0.3, -0.25) is 0 Å². The van der Waals surface area contributed by atoms with Gasteiger partial charge >= 0.3 is 0 Å². The van der Waals surface area contributed by atoms with Crippen molar-refractivity contribution in [3.63, 3.8) is 0 Å². The van der Waals surface area contributed by atoms with Crippen molar-refractivity contribution in [3.05, 3.63) is 0 Å². The molecule has 0 spiro atoms. The molecular formula is C10H21N. The molecule has 0 bridgehead atoms. The van der Waals surface area contributed by atoms with Crippen LogP contribution in [0.2, 0.25) is 0 Å². The van der Waals surface area contributed by atoms with Gasteiger partial charge < -0.3 is 5.41 Å². The second-order valence-corrected chi connectivity index (χ2v) is 4.44. The van der Waals surface area contributed by atoms with Gasteiger partial charge in [0, 0.05) is 5.71 Å². The zero-order chi connectivity index (χ0) is 8.91. The summed E-state index contributed by atoms with van der Waals surface area (Å²) in [6, 6.07) is 0. The molecule has 1 nitrogen and oxygen atoms in total. The van der Waals surface area contributed by atoms with Crippen LogP contribution in [0.4, 0.5) is 0 Å². The van der Waals surface area contributed by atoms with Gasteiger partial charge in [0.05, 0.1) is 0 Å². The van der Waals surface area contributed by atoms with E-state index in [1.165, 1.54) is 12.8 Å². The molecule has 1 heteroatoms. The van der Waals surface area contributed by atoms with Crippen molar-refractivity contribution in [3.8, 4) is 0 Å². The molecule has 0 unspecified atom stereocenters. The first kappa shape index (κ1) is 10.7. The molecule has 0 heterocycles. The Balaban J connectivity index is 3.53. The van der Waals surface area contributed by atoms with E-state index < -0.39 is 0 Å². The minimum atomic E-state index is 0.296. The van der Waals surface area contributed by atoms with Gasteiger partial charge in [-0.1, -0.05) is 34.1 Å². The zero-order valence-electron chi connectivity index (χ0n) is 8.33. The molecule has 11 heavy (non-hydrogen) atoms. The van der Waals surface area contributed by atoms with Gasteiger partial charge in [-0.2, -0.15) is 0 Å². The lowest BCUT2D eigenvalue weighted by molar-refractivity contribution is 0.429. The second-order valence-electron chi connectivity index (χ2n) is 4.44. The van der Waals surface area contributed by atoms with Crippen LogP contribution in [0.3, 0.4) is 0 Å². The Morgan fingerprint density at radius 1 is 1.27 bits per heavy atom. The third-order valence-corrected chi connectivity index (χ3v) is 1.58. The van der Waals surface area contributed by atoms with Crippen molar-refractivity contribution in [1.82, 2.24) is 0 Å². The molecule has 0 saturated carbocycles. The van der Waals surface area contributed by atoms with Crippen LogP contribution in [0.1, 0.15) is 53.4 Å². The summed E-state index contributed by atoms with van der Waals surface area (Å²) in [4.78, 5) is 0. The highest BCUT2D eigenvalue weighted by Gasteiger charge is 2.12. The minimum absolute atomic E-state index is 0.296. The molecule has 0 amide bonds. The number of hydrogen-bond acceptors (Lipinski definition) is 1. The van der Waals surface area contributed by atoms with Gasteiger partial charge in [0.1, 0.15) is 0 Å². The number of nitrogens with one attached hydrogen (secondary N) is 1. The Morgan fingerprint density at radius 3 is 2.18 bits per heavy atom. The molecule has 0 atom stereocenters. The van der Waals surface area contributed by atoms with Crippen LogP contribution >= 0.6 is 0 Å². The Hall–Kier alpha value is -0.330. The van der Waals surface area contributed by atoms with E-state index >= 15 is 0 Å². The number of hydrogen-bond donors (Lipinski definition) is 1. The predicted molar refractivity (Wildman–Crippen MR) is 51.3 cm³/mol. The summed E-state index contributed by atoms with van der Waals surface area (Å²) in [5, 5.41) is 7.65. The topological polar surface area (TPSA) is 23.9 Å². The minimum Gasteiger partial charge on any atom is -0.310 e. The Kier molecular flexibility index (Phi) is 4.39. The fourth-order valence-electron chi connectivity index (χ4n) is 1.12. The summed E-state index contributed by atoms with van der Waals surface area (Å²) in [6.07, 6.45) is 4.32. The first-order valence-corrected chi connectivity index (χ1v) is 4.52. The number of unbranched alkanes of at least 4 members (excludes halogenated alkanes) is 1. The van der Waals surface area contributed by atoms with E-state index in [2.05, 4.69) is 27.7 Å². The Labute approximate surface area is 70.7 Å². The highest BCUT2D eigenvalue weighted by Crippen LogP contribution is 2.20. The summed E-state index contributed by atoms with van der Waals surface area (Å²) in [6.45, 7) is 8.73. The van der Waals surface area contributed by atoms with E-state index in [1.807, 2.05) is 0 Å². The van der Waals surface area contributed by atoms with E-state index in [1.54, 1.807) is 0 Å². The molecule has 0 radical (unpaired) electrons. The fraction of sp³-hybridized carbons (Fsp3) is 0.900. The molecule has 0 rings (SSSR count). The van der Waals surface area contributed by atoms with Gasteiger partial charge in [0.2, 0.25) is 0 Å². The van der Waals surface area contributed by atoms with Crippen molar-refractivity contribution in [2.75, 3.05) is 0 Å². The molecular weight excluding hydrogens is 134 g/mol. The summed E-state index contributed by atoms with van der Waals surface area (Å²) in [5.74, 6) is 0. The maximum Gasteiger partial charge on any atom is 0.00943 e. The molecule has 0 saturated heterocycles. The summed E-state index contributed by atoms with van der Waals surface area (Å²) in [7, 11) is 0.